The summed E-state index contributed by atoms with van der Waals surface area (Å²) in [5.41, 5.74) is 1.95. The van der Waals surface area contributed by atoms with E-state index in [0.717, 1.165) is 11.3 Å². The van der Waals surface area contributed by atoms with Crippen molar-refractivity contribution in [3.63, 3.8) is 0 Å². The third-order valence-electron chi connectivity index (χ3n) is 4.10. The summed E-state index contributed by atoms with van der Waals surface area (Å²) < 4.78 is 5.74. The van der Waals surface area contributed by atoms with Crippen molar-refractivity contribution < 1.29 is 9.53 Å². The Balaban J connectivity index is 1.64. The lowest BCUT2D eigenvalue weighted by molar-refractivity contribution is -0.112. The number of nitriles is 1. The zero-order valence-electron chi connectivity index (χ0n) is 15.6. The summed E-state index contributed by atoms with van der Waals surface area (Å²) in [6, 6.07) is 23.7. The number of hydrogen-bond acceptors (Lipinski definition) is 4. The van der Waals surface area contributed by atoms with Crippen LogP contribution in [0.5, 0.6) is 11.5 Å². The number of anilines is 2. The van der Waals surface area contributed by atoms with Crippen LogP contribution in [0.3, 0.4) is 0 Å². The first-order chi connectivity index (χ1) is 14.1. The highest BCUT2D eigenvalue weighted by atomic mass is 35.5. The Morgan fingerprint density at radius 2 is 1.69 bits per heavy atom. The van der Waals surface area contributed by atoms with Crippen molar-refractivity contribution >= 4 is 28.9 Å². The van der Waals surface area contributed by atoms with Gasteiger partial charge in [-0.05, 0) is 61.0 Å². The molecule has 0 spiro atoms. The second-order valence-electron chi connectivity index (χ2n) is 6.12. The number of benzene rings is 3. The summed E-state index contributed by atoms with van der Waals surface area (Å²) in [5.74, 6) is 0.905. The summed E-state index contributed by atoms with van der Waals surface area (Å²) in [6.07, 6.45) is 1.36. The molecule has 0 heterocycles. The molecule has 3 aromatic rings. The first-order valence-electron chi connectivity index (χ1n) is 8.83. The van der Waals surface area contributed by atoms with Crippen molar-refractivity contribution in [2.24, 2.45) is 0 Å². The van der Waals surface area contributed by atoms with Crippen LogP contribution < -0.4 is 15.4 Å². The van der Waals surface area contributed by atoms with Gasteiger partial charge in [0.1, 0.15) is 23.1 Å². The zero-order valence-corrected chi connectivity index (χ0v) is 16.4. The van der Waals surface area contributed by atoms with Crippen LogP contribution in [0.1, 0.15) is 5.56 Å². The summed E-state index contributed by atoms with van der Waals surface area (Å²) >= 11 is 6.06. The fourth-order valence-corrected chi connectivity index (χ4v) is 2.65. The van der Waals surface area contributed by atoms with E-state index in [1.54, 1.807) is 49.4 Å². The molecule has 29 heavy (non-hydrogen) atoms. The number of halogens is 1. The Morgan fingerprint density at radius 1 is 1.00 bits per heavy atom. The van der Waals surface area contributed by atoms with Crippen molar-refractivity contribution in [1.29, 1.82) is 5.26 Å². The van der Waals surface area contributed by atoms with Crippen LogP contribution in [0.15, 0.2) is 84.6 Å². The van der Waals surface area contributed by atoms with Crippen molar-refractivity contribution in [2.45, 2.75) is 6.92 Å². The number of carbonyl (C=O) groups is 1. The molecule has 0 fully saturated rings. The summed E-state index contributed by atoms with van der Waals surface area (Å²) in [7, 11) is 0. The average molecular weight is 404 g/mol. The molecule has 0 aromatic heterocycles. The molecule has 5 nitrogen and oxygen atoms in total. The van der Waals surface area contributed by atoms with E-state index in [9.17, 15) is 10.1 Å². The highest BCUT2D eigenvalue weighted by Gasteiger charge is 2.11. The summed E-state index contributed by atoms with van der Waals surface area (Å²) in [4.78, 5) is 12.4. The normalized spacial score (nSPS) is 10.7. The van der Waals surface area contributed by atoms with Gasteiger partial charge in [0.2, 0.25) is 0 Å². The van der Waals surface area contributed by atoms with E-state index < -0.39 is 5.91 Å². The third-order valence-corrected chi connectivity index (χ3v) is 4.51. The van der Waals surface area contributed by atoms with E-state index in [-0.39, 0.29) is 5.57 Å². The van der Waals surface area contributed by atoms with Crippen LogP contribution >= 0.6 is 11.6 Å². The van der Waals surface area contributed by atoms with Gasteiger partial charge in [-0.3, -0.25) is 4.79 Å². The smallest absolute Gasteiger partial charge is 0.267 e. The van der Waals surface area contributed by atoms with Gasteiger partial charge in [-0.1, -0.05) is 35.9 Å². The summed E-state index contributed by atoms with van der Waals surface area (Å²) in [6.45, 7) is 1.80. The Bertz CT molecular complexity index is 1070. The SMILES string of the molecule is Cc1c(Cl)cccc1NC(=O)/C(C#N)=C\Nc1ccc(Oc2ccccc2)cc1. The highest BCUT2D eigenvalue weighted by molar-refractivity contribution is 6.31. The standard InChI is InChI=1S/C23H18ClN3O2/c1-16-21(24)8-5-9-22(16)27-23(28)17(14-25)15-26-18-10-12-20(13-11-18)29-19-6-3-2-4-7-19/h2-13,15,26H,1H3,(H,27,28)/b17-15-. The quantitative estimate of drug-likeness (QED) is 0.397. The second kappa shape index (κ2) is 9.45. The van der Waals surface area contributed by atoms with Crippen molar-refractivity contribution in [3.05, 3.63) is 95.2 Å². The Hall–Kier alpha value is -3.75. The van der Waals surface area contributed by atoms with Gasteiger partial charge in [-0.25, -0.2) is 0 Å². The van der Waals surface area contributed by atoms with E-state index in [0.29, 0.717) is 22.1 Å². The van der Waals surface area contributed by atoms with E-state index in [1.807, 2.05) is 36.4 Å². The minimum atomic E-state index is -0.519. The van der Waals surface area contributed by atoms with Crippen molar-refractivity contribution in [3.8, 4) is 17.6 Å². The molecule has 0 radical (unpaired) electrons. The van der Waals surface area contributed by atoms with Gasteiger partial charge in [-0.15, -0.1) is 0 Å². The predicted molar refractivity (Wildman–Crippen MR) is 115 cm³/mol. The van der Waals surface area contributed by atoms with E-state index in [1.165, 1.54) is 6.20 Å². The van der Waals surface area contributed by atoms with Gasteiger partial charge in [0.05, 0.1) is 0 Å². The maximum Gasteiger partial charge on any atom is 0.267 e. The van der Waals surface area contributed by atoms with Crippen LogP contribution in [-0.2, 0) is 4.79 Å². The topological polar surface area (TPSA) is 74.2 Å². The lowest BCUT2D eigenvalue weighted by Gasteiger charge is -2.09. The van der Waals surface area contributed by atoms with E-state index >= 15 is 0 Å². The van der Waals surface area contributed by atoms with Crippen molar-refractivity contribution in [1.82, 2.24) is 0 Å². The number of rotatable bonds is 6. The number of ether oxygens (including phenoxy) is 1. The molecule has 3 aromatic carbocycles. The van der Waals surface area contributed by atoms with E-state index in [4.69, 9.17) is 16.3 Å². The van der Waals surface area contributed by atoms with Gasteiger partial charge in [0.15, 0.2) is 0 Å². The van der Waals surface area contributed by atoms with Crippen LogP contribution in [0.25, 0.3) is 0 Å². The molecule has 0 aliphatic heterocycles. The van der Waals surface area contributed by atoms with Gasteiger partial charge < -0.3 is 15.4 Å². The minimum Gasteiger partial charge on any atom is -0.457 e. The highest BCUT2D eigenvalue weighted by Crippen LogP contribution is 2.24. The molecule has 1 amide bonds. The molecule has 0 bridgehead atoms. The van der Waals surface area contributed by atoms with Gasteiger partial charge >= 0.3 is 0 Å². The number of carbonyl (C=O) groups excluding carboxylic acids is 1. The zero-order chi connectivity index (χ0) is 20.6. The number of nitrogens with zero attached hydrogens (tertiary/aromatic N) is 1. The van der Waals surface area contributed by atoms with Crippen LogP contribution in [0.4, 0.5) is 11.4 Å². The largest absolute Gasteiger partial charge is 0.457 e. The minimum absolute atomic E-state index is 0.0611. The summed E-state index contributed by atoms with van der Waals surface area (Å²) in [5, 5.41) is 15.5. The third kappa shape index (κ3) is 5.38. The molecule has 0 unspecified atom stereocenters. The maximum absolute atomic E-state index is 12.4. The molecule has 0 saturated carbocycles. The molecule has 2 N–H and O–H groups in total. The molecular weight excluding hydrogens is 386 g/mol. The Morgan fingerprint density at radius 3 is 2.38 bits per heavy atom. The molecule has 144 valence electrons. The van der Waals surface area contributed by atoms with E-state index in [2.05, 4.69) is 10.6 Å². The second-order valence-corrected chi connectivity index (χ2v) is 6.53. The fraction of sp³-hybridized carbons (Fsp3) is 0.0435. The molecular formula is C23H18ClN3O2. The number of hydrogen-bond donors (Lipinski definition) is 2. The van der Waals surface area contributed by atoms with Crippen LogP contribution in [0, 0.1) is 18.3 Å². The molecule has 6 heteroatoms. The van der Waals surface area contributed by atoms with Crippen molar-refractivity contribution in [2.75, 3.05) is 10.6 Å². The fourth-order valence-electron chi connectivity index (χ4n) is 2.48. The first-order valence-corrected chi connectivity index (χ1v) is 9.21. The first kappa shape index (κ1) is 20.0. The van der Waals surface area contributed by atoms with Gasteiger partial charge in [0.25, 0.3) is 5.91 Å². The average Bonchev–Trinajstić information content (AvgIpc) is 2.74. The van der Waals surface area contributed by atoms with Gasteiger partial charge in [-0.2, -0.15) is 5.26 Å². The number of nitrogens with one attached hydrogen (secondary N) is 2. The molecule has 0 aliphatic rings. The number of para-hydroxylation sites is 1. The van der Waals surface area contributed by atoms with Gasteiger partial charge in [0, 0.05) is 22.6 Å². The molecule has 0 aliphatic carbocycles. The molecule has 0 saturated heterocycles. The molecule has 3 rings (SSSR count). The molecule has 0 atom stereocenters. The predicted octanol–water partition coefficient (Wildman–Crippen LogP) is 5.90. The Labute approximate surface area is 174 Å². The van der Waals surface area contributed by atoms with Crippen LogP contribution in [0.2, 0.25) is 5.02 Å². The lowest BCUT2D eigenvalue weighted by Crippen LogP contribution is -2.15. The number of amides is 1. The Kier molecular flexibility index (Phi) is 6.51. The monoisotopic (exact) mass is 403 g/mol. The van der Waals surface area contributed by atoms with Crippen LogP contribution in [-0.4, -0.2) is 5.91 Å². The lowest BCUT2D eigenvalue weighted by atomic mass is 10.2. The maximum atomic E-state index is 12.4.